The highest BCUT2D eigenvalue weighted by Crippen LogP contribution is 2.19. The van der Waals surface area contributed by atoms with Crippen LogP contribution in [0.25, 0.3) is 0 Å². The molecule has 0 saturated heterocycles. The van der Waals surface area contributed by atoms with Crippen molar-refractivity contribution in [1.29, 1.82) is 0 Å². The molecule has 0 heterocycles. The van der Waals surface area contributed by atoms with Crippen molar-refractivity contribution in [3.63, 3.8) is 0 Å². The first kappa shape index (κ1) is 16.3. The summed E-state index contributed by atoms with van der Waals surface area (Å²) >= 11 is 0. The lowest BCUT2D eigenvalue weighted by molar-refractivity contribution is 0.409. The number of hydrogen-bond donors (Lipinski definition) is 2. The summed E-state index contributed by atoms with van der Waals surface area (Å²) in [6.07, 6.45) is 1.98. The average molecular weight is 277 g/mol. The quantitative estimate of drug-likeness (QED) is 0.620. The molecule has 0 aliphatic rings. The van der Waals surface area contributed by atoms with Crippen LogP contribution in [0.15, 0.2) is 23.2 Å². The van der Waals surface area contributed by atoms with Crippen LogP contribution in [0.4, 0.5) is 0 Å². The average Bonchev–Trinajstić information content (AvgIpc) is 2.46. The second kappa shape index (κ2) is 8.46. The molecule has 20 heavy (non-hydrogen) atoms. The second-order valence-corrected chi connectivity index (χ2v) is 5.02. The summed E-state index contributed by atoms with van der Waals surface area (Å²) in [5.41, 5.74) is 2.47. The molecule has 0 radical (unpaired) electrons. The van der Waals surface area contributed by atoms with Gasteiger partial charge in [0.05, 0.1) is 7.11 Å². The Balaban J connectivity index is 2.53. The van der Waals surface area contributed by atoms with Gasteiger partial charge in [-0.2, -0.15) is 0 Å². The Morgan fingerprint density at radius 2 is 2.15 bits per heavy atom. The van der Waals surface area contributed by atoms with Gasteiger partial charge in [-0.1, -0.05) is 24.6 Å². The number of benzene rings is 1. The minimum atomic E-state index is 0.426. The second-order valence-electron chi connectivity index (χ2n) is 5.02. The smallest absolute Gasteiger partial charge is 0.191 e. The standard InChI is InChI=1S/C16H27N3O/c1-6-13(3)19-16(17-4)18-10-9-14-11-12(2)7-8-15(14)20-5/h7-8,11,13H,6,9-10H2,1-5H3,(H2,17,18,19). The molecule has 0 aliphatic carbocycles. The van der Waals surface area contributed by atoms with E-state index >= 15 is 0 Å². The lowest BCUT2D eigenvalue weighted by Gasteiger charge is -2.17. The Kier molecular flexibility index (Phi) is 6.91. The van der Waals surface area contributed by atoms with Gasteiger partial charge in [0.15, 0.2) is 5.96 Å². The van der Waals surface area contributed by atoms with E-state index in [0.29, 0.717) is 6.04 Å². The zero-order valence-corrected chi connectivity index (χ0v) is 13.3. The maximum atomic E-state index is 5.39. The summed E-state index contributed by atoms with van der Waals surface area (Å²) in [6, 6.07) is 6.69. The molecule has 0 bridgehead atoms. The van der Waals surface area contributed by atoms with E-state index in [0.717, 1.165) is 31.1 Å². The monoisotopic (exact) mass is 277 g/mol. The van der Waals surface area contributed by atoms with Gasteiger partial charge in [-0.05, 0) is 38.3 Å². The molecule has 1 unspecified atom stereocenters. The molecule has 0 aromatic heterocycles. The third-order valence-electron chi connectivity index (χ3n) is 3.34. The molecular weight excluding hydrogens is 250 g/mol. The van der Waals surface area contributed by atoms with Gasteiger partial charge in [0, 0.05) is 19.6 Å². The lowest BCUT2D eigenvalue weighted by Crippen LogP contribution is -2.42. The highest BCUT2D eigenvalue weighted by molar-refractivity contribution is 5.79. The van der Waals surface area contributed by atoms with Crippen molar-refractivity contribution in [3.8, 4) is 5.75 Å². The Morgan fingerprint density at radius 3 is 2.75 bits per heavy atom. The molecule has 0 saturated carbocycles. The largest absolute Gasteiger partial charge is 0.496 e. The minimum absolute atomic E-state index is 0.426. The summed E-state index contributed by atoms with van der Waals surface area (Å²) in [5.74, 6) is 1.80. The summed E-state index contributed by atoms with van der Waals surface area (Å²) in [5, 5.41) is 6.69. The molecule has 0 aliphatic heterocycles. The molecule has 1 rings (SSSR count). The number of nitrogens with one attached hydrogen (secondary N) is 2. The number of methoxy groups -OCH3 is 1. The SMILES string of the molecule is CCC(C)NC(=NC)NCCc1cc(C)ccc1OC. The van der Waals surface area contributed by atoms with Crippen LogP contribution >= 0.6 is 0 Å². The fourth-order valence-electron chi connectivity index (χ4n) is 1.95. The Labute approximate surface area is 122 Å². The first-order chi connectivity index (χ1) is 9.60. The van der Waals surface area contributed by atoms with Gasteiger partial charge in [0.25, 0.3) is 0 Å². The molecular formula is C16H27N3O. The first-order valence-corrected chi connectivity index (χ1v) is 7.21. The third-order valence-corrected chi connectivity index (χ3v) is 3.34. The number of nitrogens with zero attached hydrogens (tertiary/aromatic N) is 1. The van der Waals surface area contributed by atoms with Gasteiger partial charge >= 0.3 is 0 Å². The van der Waals surface area contributed by atoms with Crippen LogP contribution in [0.3, 0.4) is 0 Å². The van der Waals surface area contributed by atoms with E-state index in [1.807, 2.05) is 6.07 Å². The van der Waals surface area contributed by atoms with E-state index in [2.05, 4.69) is 48.5 Å². The molecule has 0 spiro atoms. The van der Waals surface area contributed by atoms with Crippen molar-refractivity contribution >= 4 is 5.96 Å². The summed E-state index contributed by atoms with van der Waals surface area (Å²) < 4.78 is 5.39. The molecule has 112 valence electrons. The molecule has 1 aromatic carbocycles. The molecule has 1 atom stereocenters. The lowest BCUT2D eigenvalue weighted by atomic mass is 10.1. The van der Waals surface area contributed by atoms with Crippen LogP contribution in [-0.4, -0.2) is 32.7 Å². The number of aryl methyl sites for hydroxylation is 1. The van der Waals surface area contributed by atoms with Crippen LogP contribution < -0.4 is 15.4 Å². The fraction of sp³-hybridized carbons (Fsp3) is 0.562. The predicted octanol–water partition coefficient (Wildman–Crippen LogP) is 2.51. The molecule has 4 heteroatoms. The van der Waals surface area contributed by atoms with E-state index < -0.39 is 0 Å². The van der Waals surface area contributed by atoms with Gasteiger partial charge in [-0.15, -0.1) is 0 Å². The van der Waals surface area contributed by atoms with Gasteiger partial charge in [-0.25, -0.2) is 0 Å². The van der Waals surface area contributed by atoms with Crippen LogP contribution in [0.2, 0.25) is 0 Å². The van der Waals surface area contributed by atoms with Gasteiger partial charge in [-0.3, -0.25) is 4.99 Å². The van der Waals surface area contributed by atoms with Crippen molar-refractivity contribution in [3.05, 3.63) is 29.3 Å². The van der Waals surface area contributed by atoms with E-state index in [1.165, 1.54) is 11.1 Å². The van der Waals surface area contributed by atoms with E-state index in [4.69, 9.17) is 4.74 Å². The molecule has 4 nitrogen and oxygen atoms in total. The number of hydrogen-bond acceptors (Lipinski definition) is 2. The van der Waals surface area contributed by atoms with Crippen molar-refractivity contribution < 1.29 is 4.74 Å². The highest BCUT2D eigenvalue weighted by atomic mass is 16.5. The Hall–Kier alpha value is -1.71. The molecule has 1 aromatic rings. The van der Waals surface area contributed by atoms with Gasteiger partial charge in [0.1, 0.15) is 5.75 Å². The topological polar surface area (TPSA) is 45.7 Å². The zero-order valence-electron chi connectivity index (χ0n) is 13.3. The summed E-state index contributed by atoms with van der Waals surface area (Å²) in [6.45, 7) is 7.23. The van der Waals surface area contributed by atoms with Crippen LogP contribution in [0.5, 0.6) is 5.75 Å². The molecule has 2 N–H and O–H groups in total. The van der Waals surface area contributed by atoms with Gasteiger partial charge < -0.3 is 15.4 Å². The number of rotatable bonds is 6. The predicted molar refractivity (Wildman–Crippen MR) is 85.7 cm³/mol. The number of guanidine groups is 1. The number of aliphatic imine (C=N–C) groups is 1. The van der Waals surface area contributed by atoms with Crippen molar-refractivity contribution in [2.45, 2.75) is 39.7 Å². The first-order valence-electron chi connectivity index (χ1n) is 7.21. The molecule has 0 amide bonds. The Bertz CT molecular complexity index is 443. The van der Waals surface area contributed by atoms with Crippen LogP contribution in [-0.2, 0) is 6.42 Å². The van der Waals surface area contributed by atoms with Crippen LogP contribution in [0, 0.1) is 6.92 Å². The highest BCUT2D eigenvalue weighted by Gasteiger charge is 2.05. The van der Waals surface area contributed by atoms with Crippen molar-refractivity contribution in [1.82, 2.24) is 10.6 Å². The maximum Gasteiger partial charge on any atom is 0.191 e. The van der Waals surface area contributed by atoms with Crippen LogP contribution in [0.1, 0.15) is 31.4 Å². The third kappa shape index (κ3) is 5.11. The summed E-state index contributed by atoms with van der Waals surface area (Å²) in [7, 11) is 3.51. The van der Waals surface area contributed by atoms with Crippen molar-refractivity contribution in [2.75, 3.05) is 20.7 Å². The van der Waals surface area contributed by atoms with E-state index in [1.54, 1.807) is 14.2 Å². The van der Waals surface area contributed by atoms with E-state index in [9.17, 15) is 0 Å². The summed E-state index contributed by atoms with van der Waals surface area (Å²) in [4.78, 5) is 4.23. The van der Waals surface area contributed by atoms with Gasteiger partial charge in [0.2, 0.25) is 0 Å². The molecule has 0 fully saturated rings. The minimum Gasteiger partial charge on any atom is -0.496 e. The fourth-order valence-corrected chi connectivity index (χ4v) is 1.95. The normalized spacial score (nSPS) is 12.9. The van der Waals surface area contributed by atoms with Crippen molar-refractivity contribution in [2.24, 2.45) is 4.99 Å². The van der Waals surface area contributed by atoms with E-state index in [-0.39, 0.29) is 0 Å². The maximum absolute atomic E-state index is 5.39. The zero-order chi connectivity index (χ0) is 15.0. The number of ether oxygens (including phenoxy) is 1. The Morgan fingerprint density at radius 1 is 1.40 bits per heavy atom.